The molecule has 1 N–H and O–H groups in total. The monoisotopic (exact) mass is 339 g/mol. The average molecular weight is 339 g/mol. The Morgan fingerprint density at radius 1 is 1.26 bits per heavy atom. The zero-order chi connectivity index (χ0) is 17.0. The molecule has 0 atom stereocenters. The van der Waals surface area contributed by atoms with E-state index in [1.165, 1.54) is 4.31 Å². The molecule has 23 heavy (non-hydrogen) atoms. The Morgan fingerprint density at radius 2 is 1.87 bits per heavy atom. The summed E-state index contributed by atoms with van der Waals surface area (Å²) in [5, 5.41) is 2.98. The second-order valence-electron chi connectivity index (χ2n) is 5.97. The fourth-order valence-electron chi connectivity index (χ4n) is 2.78. The van der Waals surface area contributed by atoms with Crippen LogP contribution >= 0.6 is 0 Å². The normalized spacial score (nSPS) is 17.0. The highest BCUT2D eigenvalue weighted by Crippen LogP contribution is 2.26. The number of piperidine rings is 1. The van der Waals surface area contributed by atoms with Crippen molar-refractivity contribution in [1.29, 1.82) is 0 Å². The van der Waals surface area contributed by atoms with Crippen molar-refractivity contribution in [3.63, 3.8) is 0 Å². The molecular formula is C16H25N3O3S. The van der Waals surface area contributed by atoms with Gasteiger partial charge in [-0.05, 0) is 31.9 Å². The summed E-state index contributed by atoms with van der Waals surface area (Å²) in [6.07, 6.45) is 1.13. The van der Waals surface area contributed by atoms with Crippen LogP contribution in [0.3, 0.4) is 0 Å². The number of carbonyl (C=O) groups excluding carboxylic acids is 1. The highest BCUT2D eigenvalue weighted by atomic mass is 32.2. The number of rotatable bonds is 5. The number of para-hydroxylation sites is 2. The molecule has 7 heteroatoms. The summed E-state index contributed by atoms with van der Waals surface area (Å²) in [4.78, 5) is 14.4. The molecule has 2 rings (SSSR count). The zero-order valence-corrected chi connectivity index (χ0v) is 14.8. The van der Waals surface area contributed by atoms with Crippen LogP contribution in [0.1, 0.15) is 19.8 Å². The number of nitrogens with zero attached hydrogens (tertiary/aromatic N) is 2. The first-order chi connectivity index (χ1) is 10.8. The minimum atomic E-state index is -3.15. The largest absolute Gasteiger partial charge is 0.376 e. The molecule has 0 aromatic heterocycles. The lowest BCUT2D eigenvalue weighted by Gasteiger charge is -2.30. The predicted molar refractivity (Wildman–Crippen MR) is 93.2 cm³/mol. The molecule has 0 spiro atoms. The van der Waals surface area contributed by atoms with E-state index in [1.807, 2.05) is 43.3 Å². The Labute approximate surface area is 138 Å². The van der Waals surface area contributed by atoms with Crippen molar-refractivity contribution in [3.8, 4) is 0 Å². The summed E-state index contributed by atoms with van der Waals surface area (Å²) in [5.41, 5.74) is 1.73. The van der Waals surface area contributed by atoms with E-state index < -0.39 is 10.0 Å². The van der Waals surface area contributed by atoms with Gasteiger partial charge in [-0.25, -0.2) is 12.7 Å². The second-order valence-corrected chi connectivity index (χ2v) is 8.23. The minimum Gasteiger partial charge on any atom is -0.376 e. The minimum absolute atomic E-state index is 0.0344. The first-order valence-electron chi connectivity index (χ1n) is 7.90. The van der Waals surface area contributed by atoms with Crippen molar-refractivity contribution in [2.24, 2.45) is 5.92 Å². The van der Waals surface area contributed by atoms with Crippen LogP contribution in [-0.2, 0) is 14.8 Å². The van der Waals surface area contributed by atoms with Gasteiger partial charge in [0.05, 0.1) is 17.1 Å². The molecule has 128 valence electrons. The van der Waals surface area contributed by atoms with Gasteiger partial charge in [0.25, 0.3) is 0 Å². The Balaban J connectivity index is 1.99. The molecule has 0 unspecified atom stereocenters. The van der Waals surface area contributed by atoms with Gasteiger partial charge in [-0.15, -0.1) is 0 Å². The number of anilines is 2. The van der Waals surface area contributed by atoms with E-state index in [1.54, 1.807) is 6.92 Å². The van der Waals surface area contributed by atoms with Gasteiger partial charge in [-0.3, -0.25) is 4.79 Å². The third-order valence-corrected chi connectivity index (χ3v) is 6.11. The van der Waals surface area contributed by atoms with Crippen LogP contribution in [0.4, 0.5) is 11.4 Å². The number of sulfonamides is 1. The van der Waals surface area contributed by atoms with E-state index in [0.717, 1.165) is 11.4 Å². The molecule has 0 radical (unpaired) electrons. The van der Waals surface area contributed by atoms with Gasteiger partial charge in [0.1, 0.15) is 0 Å². The number of nitrogens with one attached hydrogen (secondary N) is 1. The SMILES string of the molecule is CCS(=O)(=O)N1CCC(C(=O)Nc2ccccc2N(C)C)CC1. The molecule has 0 aliphatic carbocycles. The van der Waals surface area contributed by atoms with E-state index >= 15 is 0 Å². The number of hydrogen-bond acceptors (Lipinski definition) is 4. The van der Waals surface area contributed by atoms with E-state index in [9.17, 15) is 13.2 Å². The van der Waals surface area contributed by atoms with Crippen molar-refractivity contribution in [2.75, 3.05) is 43.2 Å². The molecule has 1 aromatic rings. The van der Waals surface area contributed by atoms with Crippen molar-refractivity contribution in [3.05, 3.63) is 24.3 Å². The van der Waals surface area contributed by atoms with Crippen LogP contribution in [0.5, 0.6) is 0 Å². The summed E-state index contributed by atoms with van der Waals surface area (Å²) in [7, 11) is 0.707. The van der Waals surface area contributed by atoms with E-state index in [2.05, 4.69) is 5.32 Å². The predicted octanol–water partition coefficient (Wildman–Crippen LogP) is 1.75. The van der Waals surface area contributed by atoms with Crippen molar-refractivity contribution < 1.29 is 13.2 Å². The summed E-state index contributed by atoms with van der Waals surface area (Å²) in [5.74, 6) is -0.0681. The number of benzene rings is 1. The second kappa shape index (κ2) is 7.31. The lowest BCUT2D eigenvalue weighted by atomic mass is 9.97. The molecule has 1 aliphatic heterocycles. The lowest BCUT2D eigenvalue weighted by molar-refractivity contribution is -0.120. The molecule has 6 nitrogen and oxygen atoms in total. The highest BCUT2D eigenvalue weighted by molar-refractivity contribution is 7.89. The fraction of sp³-hybridized carbons (Fsp3) is 0.562. The first kappa shape index (κ1) is 17.7. The van der Waals surface area contributed by atoms with E-state index in [-0.39, 0.29) is 17.6 Å². The third-order valence-electron chi connectivity index (χ3n) is 4.23. The van der Waals surface area contributed by atoms with Crippen molar-refractivity contribution >= 4 is 27.3 Å². The standard InChI is InChI=1S/C16H25N3O3S/c1-4-23(21,22)19-11-9-13(10-12-19)16(20)17-14-7-5-6-8-15(14)18(2)3/h5-8,13H,4,9-12H2,1-3H3,(H,17,20). The Hall–Kier alpha value is -1.60. The molecular weight excluding hydrogens is 314 g/mol. The maximum atomic E-state index is 12.5. The molecule has 1 amide bonds. The van der Waals surface area contributed by atoms with Crippen LogP contribution in [-0.4, -0.2) is 51.6 Å². The maximum absolute atomic E-state index is 12.5. The van der Waals surface area contributed by atoms with Gasteiger partial charge in [-0.2, -0.15) is 0 Å². The molecule has 1 heterocycles. The van der Waals surface area contributed by atoms with E-state index in [0.29, 0.717) is 25.9 Å². The molecule has 1 saturated heterocycles. The summed E-state index contributed by atoms with van der Waals surface area (Å²) < 4.78 is 25.2. The van der Waals surface area contributed by atoms with Crippen LogP contribution in [0, 0.1) is 5.92 Å². The van der Waals surface area contributed by atoms with E-state index in [4.69, 9.17) is 0 Å². The van der Waals surface area contributed by atoms with Gasteiger partial charge in [0, 0.05) is 33.1 Å². The first-order valence-corrected chi connectivity index (χ1v) is 9.51. The Bertz CT molecular complexity index is 650. The van der Waals surface area contributed by atoms with Gasteiger partial charge < -0.3 is 10.2 Å². The average Bonchev–Trinajstić information content (AvgIpc) is 2.55. The van der Waals surface area contributed by atoms with Gasteiger partial charge in [-0.1, -0.05) is 12.1 Å². The Kier molecular flexibility index (Phi) is 5.64. The quantitative estimate of drug-likeness (QED) is 0.887. The number of amides is 1. The molecule has 0 saturated carbocycles. The smallest absolute Gasteiger partial charge is 0.227 e. The number of hydrogen-bond donors (Lipinski definition) is 1. The zero-order valence-electron chi connectivity index (χ0n) is 13.9. The van der Waals surface area contributed by atoms with Crippen LogP contribution < -0.4 is 10.2 Å². The third kappa shape index (κ3) is 4.23. The van der Waals surface area contributed by atoms with Gasteiger partial charge in [0.15, 0.2) is 0 Å². The van der Waals surface area contributed by atoms with Gasteiger partial charge in [0.2, 0.25) is 15.9 Å². The van der Waals surface area contributed by atoms with Crippen LogP contribution in [0.2, 0.25) is 0 Å². The van der Waals surface area contributed by atoms with Crippen LogP contribution in [0.25, 0.3) is 0 Å². The molecule has 1 fully saturated rings. The summed E-state index contributed by atoms with van der Waals surface area (Å²) in [6, 6.07) is 7.65. The Morgan fingerprint density at radius 3 is 2.43 bits per heavy atom. The summed E-state index contributed by atoms with van der Waals surface area (Å²) >= 11 is 0. The topological polar surface area (TPSA) is 69.7 Å². The van der Waals surface area contributed by atoms with Crippen molar-refractivity contribution in [2.45, 2.75) is 19.8 Å². The lowest BCUT2D eigenvalue weighted by Crippen LogP contribution is -2.42. The highest BCUT2D eigenvalue weighted by Gasteiger charge is 2.30. The van der Waals surface area contributed by atoms with Gasteiger partial charge >= 0.3 is 0 Å². The fourth-order valence-corrected chi connectivity index (χ4v) is 3.92. The molecule has 1 aromatic carbocycles. The molecule has 1 aliphatic rings. The van der Waals surface area contributed by atoms with Crippen LogP contribution in [0.15, 0.2) is 24.3 Å². The number of carbonyl (C=O) groups is 1. The maximum Gasteiger partial charge on any atom is 0.227 e. The van der Waals surface area contributed by atoms with Crippen molar-refractivity contribution in [1.82, 2.24) is 4.31 Å². The molecule has 0 bridgehead atoms. The summed E-state index contributed by atoms with van der Waals surface area (Å²) in [6.45, 7) is 2.49.